The number of anilines is 2. The number of aromatic nitrogens is 2. The molecule has 0 saturated heterocycles. The van der Waals surface area contributed by atoms with Crippen molar-refractivity contribution in [1.82, 2.24) is 15.1 Å². The van der Waals surface area contributed by atoms with Crippen LogP contribution in [0.4, 0.5) is 16.3 Å². The highest BCUT2D eigenvalue weighted by Crippen LogP contribution is 2.24. The maximum Gasteiger partial charge on any atom is 0.360 e. The summed E-state index contributed by atoms with van der Waals surface area (Å²) in [4.78, 5) is 28.3. The number of ether oxygens (including phenoxy) is 2. The van der Waals surface area contributed by atoms with Gasteiger partial charge in [-0.1, -0.05) is 0 Å². The smallest absolute Gasteiger partial charge is 0.360 e. The van der Waals surface area contributed by atoms with Crippen LogP contribution in [0.3, 0.4) is 0 Å². The molecule has 1 aromatic heterocycles. The van der Waals surface area contributed by atoms with Crippen LogP contribution in [0.5, 0.6) is 5.75 Å². The molecule has 120 valence electrons. The van der Waals surface area contributed by atoms with Crippen molar-refractivity contribution in [2.75, 3.05) is 24.2 Å². The number of benzene rings is 1. The lowest BCUT2D eigenvalue weighted by molar-refractivity contribution is 0.0521. The third kappa shape index (κ3) is 2.57. The molecule has 0 fully saturated rings. The largest absolute Gasteiger partial charge is 0.497 e. The number of nitrogens with zero attached hydrogens (tertiary/aromatic N) is 3. The molecule has 0 aliphatic carbocycles. The third-order valence-electron chi connectivity index (χ3n) is 3.25. The van der Waals surface area contributed by atoms with Gasteiger partial charge >= 0.3 is 12.0 Å². The van der Waals surface area contributed by atoms with Crippen LogP contribution >= 0.6 is 0 Å². The Hall–Kier alpha value is -3.07. The van der Waals surface area contributed by atoms with E-state index in [9.17, 15) is 9.59 Å². The van der Waals surface area contributed by atoms with Crippen LogP contribution in [-0.2, 0) is 4.74 Å². The maximum atomic E-state index is 12.5. The second-order valence-electron chi connectivity index (χ2n) is 4.59. The highest BCUT2D eigenvalue weighted by molar-refractivity contribution is 6.01. The van der Waals surface area contributed by atoms with Crippen LogP contribution in [-0.4, -0.2) is 35.3 Å². The van der Waals surface area contributed by atoms with E-state index < -0.39 is 12.0 Å². The molecule has 0 spiro atoms. The van der Waals surface area contributed by atoms with Crippen molar-refractivity contribution in [1.29, 1.82) is 0 Å². The van der Waals surface area contributed by atoms with Gasteiger partial charge in [-0.25, -0.2) is 24.1 Å². The molecule has 0 bridgehead atoms. The summed E-state index contributed by atoms with van der Waals surface area (Å²) in [7, 11) is 1.57. The van der Waals surface area contributed by atoms with Gasteiger partial charge in [-0.3, -0.25) is 5.43 Å². The van der Waals surface area contributed by atoms with Crippen molar-refractivity contribution in [2.45, 2.75) is 6.92 Å². The van der Waals surface area contributed by atoms with Gasteiger partial charge in [0.05, 0.1) is 19.4 Å². The fourth-order valence-electron chi connectivity index (χ4n) is 2.13. The molecule has 2 heterocycles. The van der Waals surface area contributed by atoms with Gasteiger partial charge in [0, 0.05) is 0 Å². The fourth-order valence-corrected chi connectivity index (χ4v) is 2.13. The quantitative estimate of drug-likeness (QED) is 0.822. The Morgan fingerprint density at radius 2 is 2.04 bits per heavy atom. The van der Waals surface area contributed by atoms with E-state index in [2.05, 4.69) is 15.9 Å². The predicted molar refractivity (Wildman–Crippen MR) is 81.2 cm³/mol. The first kappa shape index (κ1) is 14.9. The number of hydrogen-bond acceptors (Lipinski definition) is 7. The summed E-state index contributed by atoms with van der Waals surface area (Å²) in [5, 5.41) is 1.28. The lowest BCUT2D eigenvalue weighted by Gasteiger charge is -2.29. The van der Waals surface area contributed by atoms with E-state index in [-0.39, 0.29) is 18.1 Å². The summed E-state index contributed by atoms with van der Waals surface area (Å²) in [6.07, 6.45) is 1.27. The van der Waals surface area contributed by atoms with E-state index >= 15 is 0 Å². The fraction of sp³-hybridized carbons (Fsp3) is 0.214. The second-order valence-corrected chi connectivity index (χ2v) is 4.59. The summed E-state index contributed by atoms with van der Waals surface area (Å²) in [5.74, 6) is 0.318. The van der Waals surface area contributed by atoms with Crippen LogP contribution in [0.25, 0.3) is 0 Å². The van der Waals surface area contributed by atoms with Crippen LogP contribution in [0.2, 0.25) is 0 Å². The molecule has 1 aromatic carbocycles. The average Bonchev–Trinajstić information content (AvgIpc) is 3.01. The first-order chi connectivity index (χ1) is 11.2. The summed E-state index contributed by atoms with van der Waals surface area (Å²) in [6, 6.07) is 6.50. The van der Waals surface area contributed by atoms with Crippen LogP contribution in [0.1, 0.15) is 17.4 Å². The van der Waals surface area contributed by atoms with Crippen LogP contribution < -0.4 is 20.7 Å². The first-order valence-electron chi connectivity index (χ1n) is 6.90. The lowest BCUT2D eigenvalue weighted by Crippen LogP contribution is -2.53. The molecule has 9 heteroatoms. The monoisotopic (exact) mass is 317 g/mol. The van der Waals surface area contributed by atoms with Gasteiger partial charge in [-0.2, -0.15) is 0 Å². The third-order valence-corrected chi connectivity index (χ3v) is 3.25. The Bertz CT molecular complexity index is 740. The van der Waals surface area contributed by atoms with Gasteiger partial charge < -0.3 is 9.47 Å². The standard InChI is InChI=1S/C14H15N5O4/c1-3-23-13(20)11-12-16-17-19(14(21)18(12)8-15-11)9-4-6-10(22-2)7-5-9/h4-8,16-17H,3H2,1-2H3. The minimum atomic E-state index is -0.596. The maximum absolute atomic E-state index is 12.5. The molecule has 23 heavy (non-hydrogen) atoms. The van der Waals surface area contributed by atoms with Crippen LogP contribution in [0.15, 0.2) is 30.6 Å². The molecular formula is C14H15N5O4. The van der Waals surface area contributed by atoms with Gasteiger partial charge in [0.25, 0.3) is 0 Å². The van der Waals surface area contributed by atoms with Crippen molar-refractivity contribution in [3.05, 3.63) is 36.3 Å². The van der Waals surface area contributed by atoms with Crippen molar-refractivity contribution in [2.24, 2.45) is 0 Å². The van der Waals surface area contributed by atoms with E-state index in [0.717, 1.165) is 0 Å². The number of hydrogen-bond donors (Lipinski definition) is 2. The van der Waals surface area contributed by atoms with E-state index in [1.807, 2.05) is 0 Å². The van der Waals surface area contributed by atoms with Crippen molar-refractivity contribution < 1.29 is 19.1 Å². The van der Waals surface area contributed by atoms with E-state index in [0.29, 0.717) is 11.4 Å². The Labute approximate surface area is 131 Å². The van der Waals surface area contributed by atoms with Gasteiger partial charge in [0.2, 0.25) is 0 Å². The Morgan fingerprint density at radius 3 is 2.70 bits per heavy atom. The molecule has 3 rings (SSSR count). The van der Waals surface area contributed by atoms with E-state index in [4.69, 9.17) is 9.47 Å². The number of nitrogens with one attached hydrogen (secondary N) is 2. The van der Waals surface area contributed by atoms with Gasteiger partial charge in [0.1, 0.15) is 12.1 Å². The van der Waals surface area contributed by atoms with E-state index in [1.165, 1.54) is 15.9 Å². The molecule has 0 unspecified atom stereocenters. The SMILES string of the molecule is CCOC(=O)c1ncn2c1NNN(c1ccc(OC)cc1)C2=O. The Morgan fingerprint density at radius 1 is 1.30 bits per heavy atom. The number of amides is 1. The number of carbonyl (C=O) groups excluding carboxylic acids is 2. The number of methoxy groups -OCH3 is 1. The molecule has 1 aliphatic heterocycles. The minimum absolute atomic E-state index is 0.0436. The zero-order chi connectivity index (χ0) is 16.4. The van der Waals surface area contributed by atoms with Crippen molar-refractivity contribution in [3.8, 4) is 5.75 Å². The molecule has 0 radical (unpaired) electrons. The molecule has 2 aromatic rings. The van der Waals surface area contributed by atoms with Crippen molar-refractivity contribution >= 4 is 23.5 Å². The summed E-state index contributed by atoms with van der Waals surface area (Å²) < 4.78 is 11.2. The summed E-state index contributed by atoms with van der Waals surface area (Å²) >= 11 is 0. The molecule has 1 aliphatic rings. The lowest BCUT2D eigenvalue weighted by atomic mass is 10.3. The Balaban J connectivity index is 1.87. The zero-order valence-corrected chi connectivity index (χ0v) is 12.6. The predicted octanol–water partition coefficient (Wildman–Crippen LogP) is 1.39. The Kier molecular flexibility index (Phi) is 3.85. The first-order valence-corrected chi connectivity index (χ1v) is 6.90. The highest BCUT2D eigenvalue weighted by Gasteiger charge is 2.30. The van der Waals surface area contributed by atoms with Crippen LogP contribution in [0, 0.1) is 0 Å². The zero-order valence-electron chi connectivity index (χ0n) is 12.6. The molecule has 2 N–H and O–H groups in total. The number of hydrazine groups is 2. The number of imidazole rings is 1. The molecule has 1 amide bonds. The number of carbonyl (C=O) groups is 2. The second kappa shape index (κ2) is 5.97. The van der Waals surface area contributed by atoms with Gasteiger partial charge in [-0.15, -0.1) is 5.53 Å². The summed E-state index contributed by atoms with van der Waals surface area (Å²) in [6.45, 7) is 1.92. The number of esters is 1. The molecular weight excluding hydrogens is 302 g/mol. The highest BCUT2D eigenvalue weighted by atomic mass is 16.5. The van der Waals surface area contributed by atoms with Crippen molar-refractivity contribution in [3.63, 3.8) is 0 Å². The minimum Gasteiger partial charge on any atom is -0.497 e. The topological polar surface area (TPSA) is 97.7 Å². The average molecular weight is 317 g/mol. The van der Waals surface area contributed by atoms with Gasteiger partial charge in [0.15, 0.2) is 11.5 Å². The normalized spacial score (nSPS) is 13.3. The van der Waals surface area contributed by atoms with E-state index in [1.54, 1.807) is 38.3 Å². The summed E-state index contributed by atoms with van der Waals surface area (Å²) in [5.41, 5.74) is 6.15. The molecule has 0 atom stereocenters. The number of fused-ring (bicyclic) bond motifs is 1. The molecule has 0 saturated carbocycles. The number of rotatable bonds is 4. The molecule has 9 nitrogen and oxygen atoms in total. The van der Waals surface area contributed by atoms with Gasteiger partial charge in [-0.05, 0) is 31.2 Å².